The predicted octanol–water partition coefficient (Wildman–Crippen LogP) is 4.95. The van der Waals surface area contributed by atoms with Gasteiger partial charge in [-0.1, -0.05) is 11.6 Å². The maximum atomic E-state index is 6.06. The fourth-order valence-electron chi connectivity index (χ4n) is 2.68. The minimum Gasteiger partial charge on any atom is -0.497 e. The van der Waals surface area contributed by atoms with Crippen LogP contribution in [0.5, 0.6) is 5.75 Å². The van der Waals surface area contributed by atoms with Gasteiger partial charge < -0.3 is 9.72 Å². The van der Waals surface area contributed by atoms with Crippen LogP contribution < -0.4 is 4.74 Å². The van der Waals surface area contributed by atoms with Crippen molar-refractivity contribution in [2.75, 3.05) is 7.11 Å². The highest BCUT2D eigenvalue weighted by Gasteiger charge is 2.12. The van der Waals surface area contributed by atoms with E-state index in [9.17, 15) is 0 Å². The van der Waals surface area contributed by atoms with Gasteiger partial charge in [-0.2, -0.15) is 0 Å². The minimum atomic E-state index is 0.680. The van der Waals surface area contributed by atoms with Crippen LogP contribution in [-0.2, 0) is 0 Å². The molecule has 4 rings (SSSR count). The molecule has 2 aromatic heterocycles. The van der Waals surface area contributed by atoms with Gasteiger partial charge >= 0.3 is 0 Å². The second-order valence-electron chi connectivity index (χ2n) is 5.37. The van der Waals surface area contributed by atoms with E-state index in [4.69, 9.17) is 16.3 Å². The molecule has 0 fully saturated rings. The summed E-state index contributed by atoms with van der Waals surface area (Å²) in [5.74, 6) is 1.58. The highest BCUT2D eigenvalue weighted by atomic mass is 35.5. The highest BCUT2D eigenvalue weighted by Crippen LogP contribution is 2.31. The summed E-state index contributed by atoms with van der Waals surface area (Å²) < 4.78 is 5.22. The Morgan fingerprint density at radius 2 is 1.88 bits per heavy atom. The summed E-state index contributed by atoms with van der Waals surface area (Å²) in [5.41, 5.74) is 4.59. The van der Waals surface area contributed by atoms with E-state index in [-0.39, 0.29) is 0 Å². The second-order valence-corrected chi connectivity index (χ2v) is 5.81. The number of ether oxygens (including phenoxy) is 1. The Bertz CT molecular complexity index is 1010. The Morgan fingerprint density at radius 3 is 2.67 bits per heavy atom. The lowest BCUT2D eigenvalue weighted by Crippen LogP contribution is -1.90. The largest absolute Gasteiger partial charge is 0.497 e. The Labute approximate surface area is 144 Å². The number of aromatic amines is 1. The van der Waals surface area contributed by atoms with E-state index in [0.717, 1.165) is 39.4 Å². The average Bonchev–Trinajstić information content (AvgIpc) is 3.05. The van der Waals surface area contributed by atoms with Crippen molar-refractivity contribution in [1.82, 2.24) is 15.0 Å². The number of benzene rings is 2. The SMILES string of the molecule is COc1ccc(-c2ncccc2-c2nc3ccc(Cl)cc3[nH]2)cc1. The van der Waals surface area contributed by atoms with Gasteiger partial charge in [0.25, 0.3) is 0 Å². The fraction of sp³-hybridized carbons (Fsp3) is 0.0526. The number of pyridine rings is 1. The van der Waals surface area contributed by atoms with Crippen LogP contribution in [0.2, 0.25) is 5.02 Å². The van der Waals surface area contributed by atoms with Crippen molar-refractivity contribution in [1.29, 1.82) is 0 Å². The van der Waals surface area contributed by atoms with Gasteiger partial charge in [0.1, 0.15) is 11.6 Å². The number of nitrogens with zero attached hydrogens (tertiary/aromatic N) is 2. The lowest BCUT2D eigenvalue weighted by atomic mass is 10.1. The summed E-state index contributed by atoms with van der Waals surface area (Å²) in [5, 5.41) is 0.680. The molecule has 0 spiro atoms. The maximum Gasteiger partial charge on any atom is 0.140 e. The molecule has 0 saturated carbocycles. The maximum absolute atomic E-state index is 6.06. The zero-order chi connectivity index (χ0) is 16.5. The number of halogens is 1. The topological polar surface area (TPSA) is 50.8 Å². The van der Waals surface area contributed by atoms with E-state index < -0.39 is 0 Å². The first kappa shape index (κ1) is 14.7. The van der Waals surface area contributed by atoms with Gasteiger partial charge in [-0.25, -0.2) is 4.98 Å². The lowest BCUT2D eigenvalue weighted by molar-refractivity contribution is 0.415. The number of rotatable bonds is 3. The number of nitrogens with one attached hydrogen (secondary N) is 1. The number of H-pyrrole nitrogens is 1. The smallest absolute Gasteiger partial charge is 0.140 e. The van der Waals surface area contributed by atoms with Gasteiger partial charge in [0, 0.05) is 22.3 Å². The van der Waals surface area contributed by atoms with Gasteiger partial charge in [0.05, 0.1) is 23.8 Å². The summed E-state index contributed by atoms with van der Waals surface area (Å²) in [6.07, 6.45) is 1.78. The van der Waals surface area contributed by atoms with Crippen LogP contribution in [-0.4, -0.2) is 22.1 Å². The van der Waals surface area contributed by atoms with Crippen LogP contribution in [0.4, 0.5) is 0 Å². The molecule has 4 aromatic rings. The first-order valence-electron chi connectivity index (χ1n) is 7.50. The molecular formula is C19H14ClN3O. The molecule has 0 aliphatic rings. The van der Waals surface area contributed by atoms with Crippen LogP contribution in [0.15, 0.2) is 60.8 Å². The molecule has 0 radical (unpaired) electrons. The monoisotopic (exact) mass is 335 g/mol. The Balaban J connectivity index is 1.85. The molecule has 0 aliphatic carbocycles. The van der Waals surface area contributed by atoms with Gasteiger partial charge in [-0.3, -0.25) is 4.98 Å². The molecular weight excluding hydrogens is 322 g/mol. The van der Waals surface area contributed by atoms with Crippen molar-refractivity contribution in [3.63, 3.8) is 0 Å². The number of hydrogen-bond donors (Lipinski definition) is 1. The van der Waals surface area contributed by atoms with Crippen LogP contribution in [0, 0.1) is 0 Å². The molecule has 2 aromatic carbocycles. The molecule has 0 unspecified atom stereocenters. The van der Waals surface area contributed by atoms with Crippen molar-refractivity contribution < 1.29 is 4.74 Å². The number of aromatic nitrogens is 3. The van der Waals surface area contributed by atoms with Crippen molar-refractivity contribution in [3.8, 4) is 28.4 Å². The molecule has 0 bridgehead atoms. The average molecular weight is 336 g/mol. The number of methoxy groups -OCH3 is 1. The van der Waals surface area contributed by atoms with E-state index in [1.54, 1.807) is 13.3 Å². The molecule has 4 nitrogen and oxygen atoms in total. The number of imidazole rings is 1. The van der Waals surface area contributed by atoms with Crippen molar-refractivity contribution >= 4 is 22.6 Å². The highest BCUT2D eigenvalue weighted by molar-refractivity contribution is 6.31. The predicted molar refractivity (Wildman–Crippen MR) is 96.3 cm³/mol. The van der Waals surface area contributed by atoms with Gasteiger partial charge in [-0.05, 0) is 54.6 Å². The molecule has 5 heteroatoms. The molecule has 0 atom stereocenters. The van der Waals surface area contributed by atoms with E-state index >= 15 is 0 Å². The summed E-state index contributed by atoms with van der Waals surface area (Å²) in [6, 6.07) is 17.3. The van der Waals surface area contributed by atoms with Crippen LogP contribution >= 0.6 is 11.6 Å². The molecule has 0 saturated heterocycles. The zero-order valence-electron chi connectivity index (χ0n) is 13.0. The molecule has 0 amide bonds. The molecule has 0 aliphatic heterocycles. The lowest BCUT2D eigenvalue weighted by Gasteiger charge is -2.07. The quantitative estimate of drug-likeness (QED) is 0.576. The summed E-state index contributed by atoms with van der Waals surface area (Å²) in [7, 11) is 1.65. The zero-order valence-corrected chi connectivity index (χ0v) is 13.7. The third-order valence-electron chi connectivity index (χ3n) is 3.87. The fourth-order valence-corrected chi connectivity index (χ4v) is 2.86. The van der Waals surface area contributed by atoms with Crippen molar-refractivity contribution in [3.05, 3.63) is 65.8 Å². The third-order valence-corrected chi connectivity index (χ3v) is 4.11. The summed E-state index contributed by atoms with van der Waals surface area (Å²) >= 11 is 6.06. The second kappa shape index (κ2) is 5.98. The van der Waals surface area contributed by atoms with Crippen molar-refractivity contribution in [2.45, 2.75) is 0 Å². The van der Waals surface area contributed by atoms with Crippen LogP contribution in [0.3, 0.4) is 0 Å². The first-order valence-corrected chi connectivity index (χ1v) is 7.87. The number of hydrogen-bond acceptors (Lipinski definition) is 3. The van der Waals surface area contributed by atoms with Crippen LogP contribution in [0.25, 0.3) is 33.7 Å². The van der Waals surface area contributed by atoms with E-state index in [1.165, 1.54) is 0 Å². The van der Waals surface area contributed by atoms with E-state index in [1.807, 2.05) is 54.6 Å². The molecule has 118 valence electrons. The summed E-state index contributed by atoms with van der Waals surface area (Å²) in [4.78, 5) is 12.5. The molecule has 2 heterocycles. The molecule has 24 heavy (non-hydrogen) atoms. The molecule has 1 N–H and O–H groups in total. The Morgan fingerprint density at radius 1 is 1.04 bits per heavy atom. The third kappa shape index (κ3) is 2.61. The van der Waals surface area contributed by atoms with Crippen molar-refractivity contribution in [2.24, 2.45) is 0 Å². The normalized spacial score (nSPS) is 10.9. The van der Waals surface area contributed by atoms with Gasteiger partial charge in [0.2, 0.25) is 0 Å². The number of fused-ring (bicyclic) bond motifs is 1. The first-order chi connectivity index (χ1) is 11.7. The van der Waals surface area contributed by atoms with E-state index in [2.05, 4.69) is 15.0 Å². The van der Waals surface area contributed by atoms with Crippen LogP contribution in [0.1, 0.15) is 0 Å². The Hall–Kier alpha value is -2.85. The summed E-state index contributed by atoms with van der Waals surface area (Å²) in [6.45, 7) is 0. The van der Waals surface area contributed by atoms with Gasteiger partial charge in [0.15, 0.2) is 0 Å². The van der Waals surface area contributed by atoms with Gasteiger partial charge in [-0.15, -0.1) is 0 Å². The minimum absolute atomic E-state index is 0.680. The standard InChI is InChI=1S/C19H14ClN3O/c1-24-14-7-4-12(5-8-14)18-15(3-2-10-21-18)19-22-16-9-6-13(20)11-17(16)23-19/h2-11H,1H3,(H,22,23). The Kier molecular flexibility index (Phi) is 3.67. The van der Waals surface area contributed by atoms with E-state index in [0.29, 0.717) is 5.02 Å².